The van der Waals surface area contributed by atoms with Crippen LogP contribution >= 0.6 is 0 Å². The van der Waals surface area contributed by atoms with Crippen LogP contribution in [-0.2, 0) is 17.3 Å². The Kier molecular flexibility index (Phi) is 4.65. The van der Waals surface area contributed by atoms with E-state index < -0.39 is 11.7 Å². The van der Waals surface area contributed by atoms with Gasteiger partial charge < -0.3 is 10.5 Å². The Morgan fingerprint density at radius 1 is 1.30 bits per heavy atom. The molecule has 0 aliphatic carbocycles. The van der Waals surface area contributed by atoms with Crippen LogP contribution < -0.4 is 5.73 Å². The Hall–Kier alpha value is -1.56. The number of hydrogen-bond donors (Lipinski definition) is 1. The van der Waals surface area contributed by atoms with E-state index in [9.17, 15) is 13.2 Å². The molecule has 1 atom stereocenters. The predicted molar refractivity (Wildman–Crippen MR) is 70.6 cm³/mol. The average molecular weight is 286 g/mol. The zero-order chi connectivity index (χ0) is 14.6. The highest BCUT2D eigenvalue weighted by Crippen LogP contribution is 2.32. The SMILES string of the molecule is NCCCC1COC(Cc2ccccc2C(F)(F)F)=N1. The highest BCUT2D eigenvalue weighted by Gasteiger charge is 2.33. The van der Waals surface area contributed by atoms with Crippen LogP contribution in [0.3, 0.4) is 0 Å². The molecule has 2 rings (SSSR count). The number of halogens is 3. The van der Waals surface area contributed by atoms with Gasteiger partial charge in [-0.25, -0.2) is 4.99 Å². The summed E-state index contributed by atoms with van der Waals surface area (Å²) in [5.41, 5.74) is 4.98. The lowest BCUT2D eigenvalue weighted by atomic mass is 10.0. The summed E-state index contributed by atoms with van der Waals surface area (Å²) in [7, 11) is 0. The number of benzene rings is 1. The van der Waals surface area contributed by atoms with E-state index in [4.69, 9.17) is 10.5 Å². The van der Waals surface area contributed by atoms with Gasteiger partial charge in [-0.05, 0) is 31.0 Å². The van der Waals surface area contributed by atoms with Gasteiger partial charge in [0.1, 0.15) is 6.61 Å². The molecular weight excluding hydrogens is 269 g/mol. The maximum Gasteiger partial charge on any atom is 0.416 e. The van der Waals surface area contributed by atoms with Gasteiger partial charge in [-0.3, -0.25) is 0 Å². The summed E-state index contributed by atoms with van der Waals surface area (Å²) >= 11 is 0. The van der Waals surface area contributed by atoms with Crippen LogP contribution in [0, 0.1) is 0 Å². The topological polar surface area (TPSA) is 47.6 Å². The molecule has 0 amide bonds. The number of hydrogen-bond acceptors (Lipinski definition) is 3. The van der Waals surface area contributed by atoms with E-state index in [1.54, 1.807) is 6.07 Å². The van der Waals surface area contributed by atoms with E-state index in [-0.39, 0.29) is 18.0 Å². The highest BCUT2D eigenvalue weighted by atomic mass is 19.4. The molecule has 1 unspecified atom stereocenters. The fraction of sp³-hybridized carbons (Fsp3) is 0.500. The molecule has 1 aromatic carbocycles. The third-order valence-electron chi connectivity index (χ3n) is 3.17. The number of nitrogens with two attached hydrogens (primary N) is 1. The van der Waals surface area contributed by atoms with Crippen LogP contribution in [0.5, 0.6) is 0 Å². The van der Waals surface area contributed by atoms with Crippen molar-refractivity contribution in [3.8, 4) is 0 Å². The molecule has 1 heterocycles. The van der Waals surface area contributed by atoms with Crippen molar-refractivity contribution in [3.63, 3.8) is 0 Å². The first kappa shape index (κ1) is 14.8. The first-order valence-electron chi connectivity index (χ1n) is 6.55. The number of aliphatic imine (C=N–C) groups is 1. The second-order valence-corrected chi connectivity index (χ2v) is 4.75. The number of nitrogens with zero attached hydrogens (tertiary/aromatic N) is 1. The van der Waals surface area contributed by atoms with Crippen molar-refractivity contribution >= 4 is 5.90 Å². The van der Waals surface area contributed by atoms with E-state index >= 15 is 0 Å². The molecule has 1 aliphatic rings. The van der Waals surface area contributed by atoms with Crippen molar-refractivity contribution in [2.75, 3.05) is 13.2 Å². The maximum absolute atomic E-state index is 12.9. The molecule has 0 fully saturated rings. The zero-order valence-corrected chi connectivity index (χ0v) is 11.0. The van der Waals surface area contributed by atoms with Gasteiger partial charge in [0.05, 0.1) is 11.6 Å². The van der Waals surface area contributed by atoms with Gasteiger partial charge in [0.2, 0.25) is 0 Å². The summed E-state index contributed by atoms with van der Waals surface area (Å²) in [6, 6.07) is 5.53. The lowest BCUT2D eigenvalue weighted by Crippen LogP contribution is -2.12. The molecule has 0 bridgehead atoms. The third-order valence-corrected chi connectivity index (χ3v) is 3.17. The van der Waals surface area contributed by atoms with Crippen LogP contribution in [0.2, 0.25) is 0 Å². The van der Waals surface area contributed by atoms with Crippen LogP contribution in [0.4, 0.5) is 13.2 Å². The van der Waals surface area contributed by atoms with Crippen molar-refractivity contribution in [2.45, 2.75) is 31.5 Å². The molecule has 0 saturated heterocycles. The van der Waals surface area contributed by atoms with Gasteiger partial charge in [0, 0.05) is 6.42 Å². The Bertz CT molecular complexity index is 486. The Labute approximate surface area is 115 Å². The van der Waals surface area contributed by atoms with Crippen molar-refractivity contribution in [3.05, 3.63) is 35.4 Å². The van der Waals surface area contributed by atoms with E-state index in [1.807, 2.05) is 0 Å². The quantitative estimate of drug-likeness (QED) is 0.904. The Morgan fingerprint density at radius 3 is 2.75 bits per heavy atom. The van der Waals surface area contributed by atoms with Gasteiger partial charge in [-0.15, -0.1) is 0 Å². The first-order chi connectivity index (χ1) is 9.50. The molecule has 0 spiro atoms. The van der Waals surface area contributed by atoms with Gasteiger partial charge in [0.15, 0.2) is 5.90 Å². The van der Waals surface area contributed by atoms with E-state index in [0.29, 0.717) is 19.0 Å². The molecule has 3 nitrogen and oxygen atoms in total. The lowest BCUT2D eigenvalue weighted by molar-refractivity contribution is -0.138. The standard InChI is InChI=1S/C14H17F3N2O/c15-14(16,17)12-6-2-1-4-10(12)8-13-19-11(9-20-13)5-3-7-18/h1-2,4,6,11H,3,5,7-9,18H2. The largest absolute Gasteiger partial charge is 0.478 e. The van der Waals surface area contributed by atoms with Crippen LogP contribution in [0.1, 0.15) is 24.0 Å². The fourth-order valence-electron chi connectivity index (χ4n) is 2.18. The molecular formula is C14H17F3N2O. The molecule has 110 valence electrons. The summed E-state index contributed by atoms with van der Waals surface area (Å²) < 4.78 is 44.0. The second kappa shape index (κ2) is 6.26. The molecule has 2 N–H and O–H groups in total. The molecule has 1 aliphatic heterocycles. The third kappa shape index (κ3) is 3.72. The monoisotopic (exact) mass is 286 g/mol. The fourth-order valence-corrected chi connectivity index (χ4v) is 2.18. The van der Waals surface area contributed by atoms with Gasteiger partial charge in [-0.1, -0.05) is 18.2 Å². The van der Waals surface area contributed by atoms with Crippen molar-refractivity contribution < 1.29 is 17.9 Å². The van der Waals surface area contributed by atoms with Gasteiger partial charge in [0.25, 0.3) is 0 Å². The minimum absolute atomic E-state index is 0.0200. The Morgan fingerprint density at radius 2 is 2.05 bits per heavy atom. The number of alkyl halides is 3. The maximum atomic E-state index is 12.9. The molecule has 0 radical (unpaired) electrons. The van der Waals surface area contributed by atoms with E-state index in [0.717, 1.165) is 18.9 Å². The van der Waals surface area contributed by atoms with Crippen molar-refractivity contribution in [2.24, 2.45) is 10.7 Å². The van der Waals surface area contributed by atoms with Gasteiger partial charge >= 0.3 is 6.18 Å². The smallest absolute Gasteiger partial charge is 0.416 e. The van der Waals surface area contributed by atoms with Gasteiger partial charge in [-0.2, -0.15) is 13.2 Å². The predicted octanol–water partition coefficient (Wildman–Crippen LogP) is 2.78. The Balaban J connectivity index is 2.08. The zero-order valence-electron chi connectivity index (χ0n) is 11.0. The normalized spacial score (nSPS) is 18.8. The minimum atomic E-state index is -4.35. The number of ether oxygens (including phenoxy) is 1. The lowest BCUT2D eigenvalue weighted by Gasteiger charge is -2.12. The summed E-state index contributed by atoms with van der Waals surface area (Å²) in [4.78, 5) is 4.32. The summed E-state index contributed by atoms with van der Waals surface area (Å²) in [5.74, 6) is 0.378. The molecule has 20 heavy (non-hydrogen) atoms. The van der Waals surface area contributed by atoms with Crippen molar-refractivity contribution in [1.29, 1.82) is 0 Å². The summed E-state index contributed by atoms with van der Waals surface area (Å²) in [6.07, 6.45) is -2.63. The van der Waals surface area contributed by atoms with E-state index in [2.05, 4.69) is 4.99 Å². The molecule has 1 aromatic rings. The average Bonchev–Trinajstić information content (AvgIpc) is 2.83. The summed E-state index contributed by atoms with van der Waals surface area (Å²) in [5, 5.41) is 0. The number of rotatable bonds is 5. The minimum Gasteiger partial charge on any atom is -0.478 e. The second-order valence-electron chi connectivity index (χ2n) is 4.75. The van der Waals surface area contributed by atoms with Crippen LogP contribution in [-0.4, -0.2) is 25.1 Å². The summed E-state index contributed by atoms with van der Waals surface area (Å²) in [6.45, 7) is 1.02. The van der Waals surface area contributed by atoms with Crippen LogP contribution in [0.15, 0.2) is 29.3 Å². The van der Waals surface area contributed by atoms with Crippen molar-refractivity contribution in [1.82, 2.24) is 0 Å². The molecule has 6 heteroatoms. The van der Waals surface area contributed by atoms with Crippen LogP contribution in [0.25, 0.3) is 0 Å². The molecule has 0 saturated carbocycles. The molecule has 0 aromatic heterocycles. The van der Waals surface area contributed by atoms with E-state index in [1.165, 1.54) is 12.1 Å². The highest BCUT2D eigenvalue weighted by molar-refractivity contribution is 5.80. The first-order valence-corrected chi connectivity index (χ1v) is 6.55.